The smallest absolute Gasteiger partial charge is 0.274 e. The van der Waals surface area contributed by atoms with E-state index in [1.807, 2.05) is 60.4 Å². The average Bonchev–Trinajstić information content (AvgIpc) is 3.08. The van der Waals surface area contributed by atoms with E-state index in [1.165, 1.54) is 0 Å². The maximum Gasteiger partial charge on any atom is 0.274 e. The molecule has 146 valence electrons. The molecule has 3 aromatic rings. The van der Waals surface area contributed by atoms with Crippen molar-refractivity contribution in [1.82, 2.24) is 9.88 Å². The Bertz CT molecular complexity index is 903. The largest absolute Gasteiger partial charge is 0.330 e. The molecular formula is C24H28N2OS. The van der Waals surface area contributed by atoms with Crippen LogP contribution in [0.3, 0.4) is 0 Å². The van der Waals surface area contributed by atoms with Gasteiger partial charge in [-0.2, -0.15) is 0 Å². The minimum Gasteiger partial charge on any atom is -0.330 e. The lowest BCUT2D eigenvalue weighted by atomic mass is 10.0. The summed E-state index contributed by atoms with van der Waals surface area (Å²) in [6.45, 7) is 9.10. The van der Waals surface area contributed by atoms with Crippen LogP contribution < -0.4 is 0 Å². The van der Waals surface area contributed by atoms with Crippen molar-refractivity contribution in [3.05, 3.63) is 76.9 Å². The summed E-state index contributed by atoms with van der Waals surface area (Å²) in [4.78, 5) is 21.2. The number of thiazole rings is 1. The second-order valence-electron chi connectivity index (χ2n) is 7.67. The summed E-state index contributed by atoms with van der Waals surface area (Å²) in [6.07, 6.45) is 0.961. The standard InChI is InChI=1S/C24H28N2OS/c1-17(2)15-18(3)26(16-20-11-7-5-8-12-20)24(27)22-23(28-19(4)25-22)21-13-9-6-10-14-21/h5-14,17-18H,15-16H2,1-4H3/t18-/m1/s1. The molecule has 1 aromatic heterocycles. The summed E-state index contributed by atoms with van der Waals surface area (Å²) in [5.74, 6) is 0.534. The van der Waals surface area contributed by atoms with Gasteiger partial charge in [-0.1, -0.05) is 74.5 Å². The van der Waals surface area contributed by atoms with E-state index in [2.05, 4.69) is 37.9 Å². The number of aryl methyl sites for hydroxylation is 1. The molecule has 0 radical (unpaired) electrons. The summed E-state index contributed by atoms with van der Waals surface area (Å²) in [6, 6.07) is 20.4. The molecule has 0 N–H and O–H groups in total. The predicted octanol–water partition coefficient (Wildman–Crippen LogP) is 6.20. The molecule has 1 heterocycles. The van der Waals surface area contributed by atoms with Gasteiger partial charge in [-0.05, 0) is 37.3 Å². The van der Waals surface area contributed by atoms with E-state index in [0.717, 1.165) is 27.4 Å². The minimum absolute atomic E-state index is 0.0141. The van der Waals surface area contributed by atoms with Crippen molar-refractivity contribution in [3.63, 3.8) is 0 Å². The van der Waals surface area contributed by atoms with E-state index < -0.39 is 0 Å². The molecule has 0 spiro atoms. The van der Waals surface area contributed by atoms with E-state index in [4.69, 9.17) is 0 Å². The molecule has 0 bridgehead atoms. The fourth-order valence-corrected chi connectivity index (χ4v) is 4.43. The topological polar surface area (TPSA) is 33.2 Å². The molecule has 3 rings (SSSR count). The van der Waals surface area contributed by atoms with Crippen molar-refractivity contribution in [2.45, 2.75) is 46.7 Å². The van der Waals surface area contributed by atoms with E-state index in [9.17, 15) is 4.79 Å². The van der Waals surface area contributed by atoms with Crippen LogP contribution in [0.2, 0.25) is 0 Å². The molecule has 0 aliphatic rings. The zero-order valence-electron chi connectivity index (χ0n) is 17.1. The summed E-state index contributed by atoms with van der Waals surface area (Å²) < 4.78 is 0. The van der Waals surface area contributed by atoms with E-state index in [1.54, 1.807) is 11.3 Å². The molecule has 0 fully saturated rings. The number of nitrogens with zero attached hydrogens (tertiary/aromatic N) is 2. The number of hydrogen-bond donors (Lipinski definition) is 0. The van der Waals surface area contributed by atoms with Crippen molar-refractivity contribution in [1.29, 1.82) is 0 Å². The summed E-state index contributed by atoms with van der Waals surface area (Å²) in [5, 5.41) is 0.915. The quantitative estimate of drug-likeness (QED) is 0.480. The molecule has 1 atom stereocenters. The SMILES string of the molecule is Cc1nc(C(=O)N(Cc2ccccc2)[C@H](C)CC(C)C)c(-c2ccccc2)s1. The van der Waals surface area contributed by atoms with Gasteiger partial charge < -0.3 is 4.90 Å². The fraction of sp³-hybridized carbons (Fsp3) is 0.333. The first kappa shape index (κ1) is 20.3. The Labute approximate surface area is 172 Å². The third-order valence-electron chi connectivity index (χ3n) is 4.77. The number of rotatable bonds is 7. The summed E-state index contributed by atoms with van der Waals surface area (Å²) in [7, 11) is 0. The van der Waals surface area contributed by atoms with Gasteiger partial charge in [-0.3, -0.25) is 4.79 Å². The first-order chi connectivity index (χ1) is 13.5. The van der Waals surface area contributed by atoms with Crippen LogP contribution in [-0.2, 0) is 6.54 Å². The third-order valence-corrected chi connectivity index (χ3v) is 5.79. The van der Waals surface area contributed by atoms with Gasteiger partial charge in [-0.25, -0.2) is 4.98 Å². The van der Waals surface area contributed by atoms with Gasteiger partial charge in [0.05, 0.1) is 9.88 Å². The lowest BCUT2D eigenvalue weighted by molar-refractivity contribution is 0.0651. The molecule has 2 aromatic carbocycles. The maximum absolute atomic E-state index is 13.6. The van der Waals surface area contributed by atoms with Gasteiger partial charge in [0.2, 0.25) is 0 Å². The van der Waals surface area contributed by atoms with Gasteiger partial charge >= 0.3 is 0 Å². The van der Waals surface area contributed by atoms with Crippen LogP contribution in [0.5, 0.6) is 0 Å². The van der Waals surface area contributed by atoms with Crippen LogP contribution in [-0.4, -0.2) is 21.8 Å². The zero-order chi connectivity index (χ0) is 20.1. The Morgan fingerprint density at radius 1 is 1.00 bits per heavy atom. The number of amides is 1. The molecule has 0 aliphatic heterocycles. The van der Waals surface area contributed by atoms with Gasteiger partial charge in [0, 0.05) is 12.6 Å². The molecule has 4 heteroatoms. The molecule has 3 nitrogen and oxygen atoms in total. The molecular weight excluding hydrogens is 364 g/mol. The Morgan fingerprint density at radius 3 is 2.21 bits per heavy atom. The molecule has 0 unspecified atom stereocenters. The third kappa shape index (κ3) is 4.87. The second kappa shape index (κ2) is 9.16. The van der Waals surface area contributed by atoms with Crippen LogP contribution in [0.25, 0.3) is 10.4 Å². The highest BCUT2D eigenvalue weighted by atomic mass is 32.1. The van der Waals surface area contributed by atoms with E-state index >= 15 is 0 Å². The fourth-order valence-electron chi connectivity index (χ4n) is 3.51. The normalized spacial score (nSPS) is 12.2. The number of carbonyl (C=O) groups is 1. The highest BCUT2D eigenvalue weighted by molar-refractivity contribution is 7.15. The van der Waals surface area contributed by atoms with Gasteiger partial charge in [0.25, 0.3) is 5.91 Å². The number of carbonyl (C=O) groups excluding carboxylic acids is 1. The van der Waals surface area contributed by atoms with Crippen LogP contribution in [0.15, 0.2) is 60.7 Å². The Balaban J connectivity index is 1.97. The van der Waals surface area contributed by atoms with Crippen LogP contribution in [0, 0.1) is 12.8 Å². The molecule has 0 saturated heterocycles. The predicted molar refractivity (Wildman–Crippen MR) is 118 cm³/mol. The molecule has 0 saturated carbocycles. The monoisotopic (exact) mass is 392 g/mol. The molecule has 28 heavy (non-hydrogen) atoms. The van der Waals surface area contributed by atoms with E-state index in [0.29, 0.717) is 18.2 Å². The second-order valence-corrected chi connectivity index (χ2v) is 8.88. The molecule has 1 amide bonds. The highest BCUT2D eigenvalue weighted by Crippen LogP contribution is 2.32. The summed E-state index contributed by atoms with van der Waals surface area (Å²) in [5.41, 5.74) is 2.76. The van der Waals surface area contributed by atoms with Crippen LogP contribution in [0.4, 0.5) is 0 Å². The first-order valence-corrected chi connectivity index (χ1v) is 10.6. The Hall–Kier alpha value is -2.46. The van der Waals surface area contributed by atoms with E-state index in [-0.39, 0.29) is 11.9 Å². The maximum atomic E-state index is 13.6. The number of hydrogen-bond acceptors (Lipinski definition) is 3. The Morgan fingerprint density at radius 2 is 1.61 bits per heavy atom. The van der Waals surface area contributed by atoms with Gasteiger partial charge in [-0.15, -0.1) is 11.3 Å². The van der Waals surface area contributed by atoms with Crippen LogP contribution in [0.1, 0.15) is 48.3 Å². The summed E-state index contributed by atoms with van der Waals surface area (Å²) >= 11 is 1.59. The lowest BCUT2D eigenvalue weighted by Crippen LogP contribution is -2.39. The lowest BCUT2D eigenvalue weighted by Gasteiger charge is -2.30. The van der Waals surface area contributed by atoms with Crippen molar-refractivity contribution < 1.29 is 4.79 Å². The van der Waals surface area contributed by atoms with Gasteiger partial charge in [0.15, 0.2) is 0 Å². The van der Waals surface area contributed by atoms with Crippen LogP contribution >= 0.6 is 11.3 Å². The minimum atomic E-state index is 0.0141. The number of aromatic nitrogens is 1. The van der Waals surface area contributed by atoms with Gasteiger partial charge in [0.1, 0.15) is 5.69 Å². The first-order valence-electron chi connectivity index (χ1n) is 9.83. The zero-order valence-corrected chi connectivity index (χ0v) is 17.9. The van der Waals surface area contributed by atoms with Crippen molar-refractivity contribution in [2.24, 2.45) is 5.92 Å². The molecule has 0 aliphatic carbocycles. The van der Waals surface area contributed by atoms with Crippen molar-refractivity contribution in [2.75, 3.05) is 0 Å². The Kier molecular flexibility index (Phi) is 6.63. The average molecular weight is 393 g/mol. The van der Waals surface area contributed by atoms with Crippen molar-refractivity contribution >= 4 is 17.2 Å². The highest BCUT2D eigenvalue weighted by Gasteiger charge is 2.27. The van der Waals surface area contributed by atoms with Crippen molar-refractivity contribution in [3.8, 4) is 10.4 Å². The number of benzene rings is 2.